The maximum absolute atomic E-state index is 12.8. The maximum Gasteiger partial charge on any atom is 0.321 e. The summed E-state index contributed by atoms with van der Waals surface area (Å²) in [7, 11) is 0. The lowest BCUT2D eigenvalue weighted by molar-refractivity contribution is 0.137. The van der Waals surface area contributed by atoms with Crippen molar-refractivity contribution in [1.82, 2.24) is 14.7 Å². The Bertz CT molecular complexity index is 653. The molecule has 0 spiro atoms. The Hall–Kier alpha value is -2.11. The van der Waals surface area contributed by atoms with Crippen LogP contribution < -0.4 is 5.32 Å². The van der Waals surface area contributed by atoms with Gasteiger partial charge in [0.05, 0.1) is 0 Å². The Kier molecular flexibility index (Phi) is 8.74. The minimum absolute atomic E-state index is 0.00999. The number of hydrogen-bond acceptors (Lipinski definition) is 3. The Morgan fingerprint density at radius 3 is 2.39 bits per heavy atom. The monoisotopic (exact) mass is 384 g/mol. The predicted molar refractivity (Wildman–Crippen MR) is 119 cm³/mol. The molecule has 2 rings (SSSR count). The summed E-state index contributed by atoms with van der Waals surface area (Å²) in [4.78, 5) is 19.5. The molecule has 1 fully saturated rings. The summed E-state index contributed by atoms with van der Waals surface area (Å²) in [5, 5.41) is 3.17. The van der Waals surface area contributed by atoms with Crippen LogP contribution in [0.15, 0.2) is 43.5 Å². The first-order chi connectivity index (χ1) is 13.5. The number of amides is 2. The van der Waals surface area contributed by atoms with E-state index in [1.165, 1.54) is 5.56 Å². The van der Waals surface area contributed by atoms with Crippen molar-refractivity contribution in [1.29, 1.82) is 0 Å². The van der Waals surface area contributed by atoms with Gasteiger partial charge in [-0.25, -0.2) is 4.79 Å². The fourth-order valence-corrected chi connectivity index (χ4v) is 3.61. The number of benzene rings is 1. The van der Waals surface area contributed by atoms with E-state index < -0.39 is 0 Å². The molecule has 1 saturated heterocycles. The molecule has 0 atom stereocenters. The number of para-hydroxylation sites is 1. The van der Waals surface area contributed by atoms with Crippen molar-refractivity contribution < 1.29 is 4.79 Å². The molecule has 5 heteroatoms. The normalized spacial score (nSPS) is 15.1. The zero-order valence-corrected chi connectivity index (χ0v) is 17.8. The highest BCUT2D eigenvalue weighted by Crippen LogP contribution is 2.27. The van der Waals surface area contributed by atoms with E-state index in [1.807, 2.05) is 17.1 Å². The standard InChI is InChI=1S/C23H36N4O/c1-6-11-25(12-7-2)13-14-26-15-17-27(18-16-26)23(28)24-22-20(5)9-8-10-21(22)19(3)4/h6-10,19H,1-2,11-18H2,3-5H3,(H,24,28). The molecule has 0 bridgehead atoms. The van der Waals surface area contributed by atoms with Gasteiger partial charge in [-0.2, -0.15) is 0 Å². The summed E-state index contributed by atoms with van der Waals surface area (Å²) in [6.45, 7) is 21.1. The number of anilines is 1. The van der Waals surface area contributed by atoms with Crippen LogP contribution >= 0.6 is 0 Å². The molecule has 154 valence electrons. The van der Waals surface area contributed by atoms with Crippen LogP contribution in [0.4, 0.5) is 10.5 Å². The SMILES string of the molecule is C=CCN(CC=C)CCN1CCN(C(=O)Nc2c(C)cccc2C(C)C)CC1. The van der Waals surface area contributed by atoms with Crippen molar-refractivity contribution in [3.63, 3.8) is 0 Å². The van der Waals surface area contributed by atoms with Gasteiger partial charge in [-0.15, -0.1) is 13.2 Å². The molecule has 1 aromatic carbocycles. The largest absolute Gasteiger partial charge is 0.322 e. The Morgan fingerprint density at radius 2 is 1.82 bits per heavy atom. The lowest BCUT2D eigenvalue weighted by atomic mass is 9.98. The fraction of sp³-hybridized carbons (Fsp3) is 0.522. The predicted octanol–water partition coefficient (Wildman–Crippen LogP) is 3.94. The lowest BCUT2D eigenvalue weighted by Crippen LogP contribution is -2.51. The molecule has 1 aliphatic heterocycles. The van der Waals surface area contributed by atoms with Crippen LogP contribution in [0, 0.1) is 6.92 Å². The van der Waals surface area contributed by atoms with Gasteiger partial charge < -0.3 is 10.2 Å². The smallest absolute Gasteiger partial charge is 0.321 e. The van der Waals surface area contributed by atoms with Crippen molar-refractivity contribution in [3.8, 4) is 0 Å². The van der Waals surface area contributed by atoms with E-state index in [0.717, 1.165) is 63.6 Å². The van der Waals surface area contributed by atoms with Crippen LogP contribution in [-0.4, -0.2) is 73.1 Å². The molecular formula is C23H36N4O. The zero-order chi connectivity index (χ0) is 20.5. The minimum atomic E-state index is 0.00999. The van der Waals surface area contributed by atoms with Crippen LogP contribution in [0.25, 0.3) is 0 Å². The first kappa shape index (κ1) is 22.2. The molecule has 28 heavy (non-hydrogen) atoms. The number of aryl methyl sites for hydroxylation is 1. The average Bonchev–Trinajstić information content (AvgIpc) is 2.68. The quantitative estimate of drug-likeness (QED) is 0.656. The molecule has 1 heterocycles. The first-order valence-electron chi connectivity index (χ1n) is 10.3. The van der Waals surface area contributed by atoms with Crippen molar-refractivity contribution in [2.75, 3.05) is 57.7 Å². The number of hydrogen-bond donors (Lipinski definition) is 1. The van der Waals surface area contributed by atoms with Crippen molar-refractivity contribution in [2.24, 2.45) is 0 Å². The second kappa shape index (κ2) is 11.0. The van der Waals surface area contributed by atoms with Crippen LogP contribution in [0.3, 0.4) is 0 Å². The van der Waals surface area contributed by atoms with Crippen molar-refractivity contribution in [3.05, 3.63) is 54.6 Å². The summed E-state index contributed by atoms with van der Waals surface area (Å²) < 4.78 is 0. The third-order valence-corrected chi connectivity index (χ3v) is 5.33. The van der Waals surface area contributed by atoms with E-state index in [0.29, 0.717) is 5.92 Å². The van der Waals surface area contributed by atoms with Crippen LogP contribution in [0.1, 0.15) is 30.9 Å². The first-order valence-corrected chi connectivity index (χ1v) is 10.3. The Labute approximate surface area is 170 Å². The summed E-state index contributed by atoms with van der Waals surface area (Å²) in [5.41, 5.74) is 3.27. The second-order valence-electron chi connectivity index (χ2n) is 7.79. The van der Waals surface area contributed by atoms with Crippen molar-refractivity contribution in [2.45, 2.75) is 26.7 Å². The average molecular weight is 385 g/mol. The van der Waals surface area contributed by atoms with Gasteiger partial charge in [0, 0.05) is 58.0 Å². The van der Waals surface area contributed by atoms with Gasteiger partial charge in [0.1, 0.15) is 0 Å². The highest BCUT2D eigenvalue weighted by atomic mass is 16.2. The van der Waals surface area contributed by atoms with E-state index >= 15 is 0 Å². The molecule has 0 aliphatic carbocycles. The lowest BCUT2D eigenvalue weighted by Gasteiger charge is -2.36. The molecule has 0 saturated carbocycles. The zero-order valence-electron chi connectivity index (χ0n) is 17.8. The number of nitrogens with one attached hydrogen (secondary N) is 1. The molecule has 0 radical (unpaired) electrons. The number of carbonyl (C=O) groups is 1. The summed E-state index contributed by atoms with van der Waals surface area (Å²) in [6.07, 6.45) is 3.87. The summed E-state index contributed by atoms with van der Waals surface area (Å²) in [6, 6.07) is 6.22. The number of urea groups is 1. The van der Waals surface area contributed by atoms with Gasteiger partial charge >= 0.3 is 6.03 Å². The number of rotatable bonds is 9. The van der Waals surface area contributed by atoms with E-state index in [1.54, 1.807) is 0 Å². The number of carbonyl (C=O) groups excluding carboxylic acids is 1. The highest BCUT2D eigenvalue weighted by Gasteiger charge is 2.22. The van der Waals surface area contributed by atoms with Gasteiger partial charge in [-0.1, -0.05) is 44.2 Å². The molecule has 1 aromatic rings. The molecular weight excluding hydrogens is 348 g/mol. The van der Waals surface area contributed by atoms with Crippen molar-refractivity contribution >= 4 is 11.7 Å². The summed E-state index contributed by atoms with van der Waals surface area (Å²) in [5.74, 6) is 0.376. The minimum Gasteiger partial charge on any atom is -0.322 e. The van der Waals surface area contributed by atoms with E-state index in [2.05, 4.69) is 67.2 Å². The van der Waals surface area contributed by atoms with Gasteiger partial charge in [0.15, 0.2) is 0 Å². The highest BCUT2D eigenvalue weighted by molar-refractivity contribution is 5.91. The van der Waals surface area contributed by atoms with E-state index in [-0.39, 0.29) is 6.03 Å². The fourth-order valence-electron chi connectivity index (χ4n) is 3.61. The van der Waals surface area contributed by atoms with Crippen LogP contribution in [0.5, 0.6) is 0 Å². The van der Waals surface area contributed by atoms with Gasteiger partial charge in [0.25, 0.3) is 0 Å². The van der Waals surface area contributed by atoms with E-state index in [9.17, 15) is 4.79 Å². The molecule has 2 amide bonds. The number of piperazine rings is 1. The maximum atomic E-state index is 12.8. The van der Waals surface area contributed by atoms with Crippen LogP contribution in [0.2, 0.25) is 0 Å². The molecule has 0 unspecified atom stereocenters. The van der Waals surface area contributed by atoms with Gasteiger partial charge in [-0.3, -0.25) is 9.80 Å². The third kappa shape index (κ3) is 6.21. The van der Waals surface area contributed by atoms with Gasteiger partial charge in [-0.05, 0) is 24.0 Å². The molecule has 5 nitrogen and oxygen atoms in total. The molecule has 1 N–H and O–H groups in total. The van der Waals surface area contributed by atoms with Crippen LogP contribution in [-0.2, 0) is 0 Å². The third-order valence-electron chi connectivity index (χ3n) is 5.33. The van der Waals surface area contributed by atoms with Gasteiger partial charge in [0.2, 0.25) is 0 Å². The molecule has 1 aliphatic rings. The number of nitrogens with zero attached hydrogens (tertiary/aromatic N) is 3. The molecule has 0 aromatic heterocycles. The van der Waals surface area contributed by atoms with E-state index in [4.69, 9.17) is 0 Å². The summed E-state index contributed by atoms with van der Waals surface area (Å²) >= 11 is 0. The Morgan fingerprint density at radius 1 is 1.18 bits per heavy atom. The topological polar surface area (TPSA) is 38.8 Å². The second-order valence-corrected chi connectivity index (χ2v) is 7.79. The Balaban J connectivity index is 1.86.